The van der Waals surface area contributed by atoms with Gasteiger partial charge in [-0.15, -0.1) is 0 Å². The zero-order chi connectivity index (χ0) is 11.6. The molecule has 0 aliphatic heterocycles. The molecule has 1 aromatic carbocycles. The van der Waals surface area contributed by atoms with Crippen LogP contribution in [-0.4, -0.2) is 16.8 Å². The van der Waals surface area contributed by atoms with E-state index in [1.807, 2.05) is 26.8 Å². The average Bonchev–Trinajstić information content (AvgIpc) is 1.99. The van der Waals surface area contributed by atoms with Gasteiger partial charge in [0.05, 0.1) is 0 Å². The lowest BCUT2D eigenvalue weighted by atomic mass is 9.81. The summed E-state index contributed by atoms with van der Waals surface area (Å²) in [5.74, 6) is 0.292. The number of hydrogen-bond donors (Lipinski definition) is 2. The van der Waals surface area contributed by atoms with Gasteiger partial charge in [0, 0.05) is 16.6 Å². The fourth-order valence-electron chi connectivity index (χ4n) is 1.80. The molecular weight excluding hydrogens is 256 g/mol. The van der Waals surface area contributed by atoms with E-state index in [2.05, 4.69) is 15.9 Å². The van der Waals surface area contributed by atoms with Crippen molar-refractivity contribution in [2.75, 3.05) is 6.61 Å². The molecule has 0 saturated carbocycles. The van der Waals surface area contributed by atoms with Gasteiger partial charge in [0.2, 0.25) is 0 Å². The minimum absolute atomic E-state index is 0.118. The Morgan fingerprint density at radius 3 is 2.40 bits per heavy atom. The van der Waals surface area contributed by atoms with Crippen molar-refractivity contribution < 1.29 is 10.2 Å². The van der Waals surface area contributed by atoms with E-state index in [1.165, 1.54) is 0 Å². The second-order valence-electron chi connectivity index (χ2n) is 4.50. The van der Waals surface area contributed by atoms with Crippen molar-refractivity contribution in [3.63, 3.8) is 0 Å². The highest BCUT2D eigenvalue weighted by Gasteiger charge is 2.26. The summed E-state index contributed by atoms with van der Waals surface area (Å²) in [5.41, 5.74) is 1.65. The third kappa shape index (κ3) is 2.73. The second kappa shape index (κ2) is 4.54. The van der Waals surface area contributed by atoms with Crippen LogP contribution in [0.2, 0.25) is 0 Å². The first-order chi connectivity index (χ1) is 6.88. The summed E-state index contributed by atoms with van der Waals surface area (Å²) < 4.78 is 0.901. The van der Waals surface area contributed by atoms with Gasteiger partial charge < -0.3 is 10.2 Å². The van der Waals surface area contributed by atoms with Gasteiger partial charge in [-0.3, -0.25) is 0 Å². The van der Waals surface area contributed by atoms with Gasteiger partial charge in [0.25, 0.3) is 0 Å². The summed E-state index contributed by atoms with van der Waals surface area (Å²) in [6, 6.07) is 3.73. The Labute approximate surface area is 99.1 Å². The van der Waals surface area contributed by atoms with Crippen LogP contribution in [0.1, 0.15) is 31.4 Å². The third-order valence-corrected chi connectivity index (χ3v) is 3.25. The zero-order valence-electron chi connectivity index (χ0n) is 9.34. The predicted octanol–water partition coefficient (Wildman–Crippen LogP) is 3.12. The summed E-state index contributed by atoms with van der Waals surface area (Å²) in [6.07, 6.45) is 0.627. The molecule has 1 aromatic rings. The van der Waals surface area contributed by atoms with Crippen LogP contribution in [0.5, 0.6) is 5.75 Å². The molecule has 0 atom stereocenters. The summed E-state index contributed by atoms with van der Waals surface area (Å²) in [6.45, 7) is 6.08. The standard InChI is InChI=1S/C12H17BrO2/c1-8-6-9(13)11(10(15)7-8)12(2,3)4-5-14/h6-7,14-15H,4-5H2,1-3H3. The van der Waals surface area contributed by atoms with Crippen LogP contribution >= 0.6 is 15.9 Å². The number of aryl methyl sites for hydroxylation is 1. The molecule has 0 aliphatic carbocycles. The van der Waals surface area contributed by atoms with E-state index in [0.717, 1.165) is 15.6 Å². The minimum atomic E-state index is -0.231. The minimum Gasteiger partial charge on any atom is -0.508 e. The van der Waals surface area contributed by atoms with Crippen LogP contribution < -0.4 is 0 Å². The Morgan fingerprint density at radius 1 is 1.33 bits per heavy atom. The predicted molar refractivity (Wildman–Crippen MR) is 65.3 cm³/mol. The lowest BCUT2D eigenvalue weighted by molar-refractivity contribution is 0.250. The van der Waals surface area contributed by atoms with Crippen molar-refractivity contribution in [3.8, 4) is 5.75 Å². The first-order valence-electron chi connectivity index (χ1n) is 4.99. The van der Waals surface area contributed by atoms with E-state index >= 15 is 0 Å². The molecule has 0 spiro atoms. The number of hydrogen-bond acceptors (Lipinski definition) is 2. The van der Waals surface area contributed by atoms with Gasteiger partial charge >= 0.3 is 0 Å². The van der Waals surface area contributed by atoms with E-state index in [4.69, 9.17) is 5.11 Å². The van der Waals surface area contributed by atoms with Gasteiger partial charge in [-0.25, -0.2) is 0 Å². The maximum atomic E-state index is 9.92. The van der Waals surface area contributed by atoms with Crippen molar-refractivity contribution in [2.24, 2.45) is 0 Å². The molecule has 3 heteroatoms. The van der Waals surface area contributed by atoms with E-state index in [0.29, 0.717) is 12.2 Å². The Balaban J connectivity index is 3.24. The lowest BCUT2D eigenvalue weighted by Gasteiger charge is -2.26. The Hall–Kier alpha value is -0.540. The molecule has 0 unspecified atom stereocenters. The molecule has 0 aliphatic rings. The third-order valence-electron chi connectivity index (χ3n) is 2.63. The normalized spacial score (nSPS) is 11.8. The summed E-state index contributed by atoms with van der Waals surface area (Å²) in [7, 11) is 0. The Kier molecular flexibility index (Phi) is 3.79. The summed E-state index contributed by atoms with van der Waals surface area (Å²) in [5, 5.41) is 18.9. The highest BCUT2D eigenvalue weighted by atomic mass is 79.9. The lowest BCUT2D eigenvalue weighted by Crippen LogP contribution is -2.19. The van der Waals surface area contributed by atoms with Gasteiger partial charge in [-0.1, -0.05) is 29.8 Å². The smallest absolute Gasteiger partial charge is 0.120 e. The Bertz CT molecular complexity index is 336. The summed E-state index contributed by atoms with van der Waals surface area (Å²) >= 11 is 3.46. The van der Waals surface area contributed by atoms with Gasteiger partial charge in [0.1, 0.15) is 5.75 Å². The van der Waals surface area contributed by atoms with E-state index < -0.39 is 0 Å². The number of phenolic OH excluding ortho intramolecular Hbond substituents is 1. The van der Waals surface area contributed by atoms with Gasteiger partial charge in [0.15, 0.2) is 0 Å². The van der Waals surface area contributed by atoms with E-state index in [1.54, 1.807) is 6.07 Å². The molecular formula is C12H17BrO2. The van der Waals surface area contributed by atoms with Crippen molar-refractivity contribution in [1.82, 2.24) is 0 Å². The molecule has 2 nitrogen and oxygen atoms in total. The van der Waals surface area contributed by atoms with Crippen LogP contribution in [-0.2, 0) is 5.41 Å². The molecule has 1 rings (SSSR count). The molecule has 84 valence electrons. The average molecular weight is 273 g/mol. The number of aliphatic hydroxyl groups excluding tert-OH is 1. The molecule has 0 radical (unpaired) electrons. The molecule has 0 bridgehead atoms. The number of rotatable bonds is 3. The van der Waals surface area contributed by atoms with Crippen molar-refractivity contribution in [2.45, 2.75) is 32.6 Å². The highest BCUT2D eigenvalue weighted by molar-refractivity contribution is 9.10. The van der Waals surface area contributed by atoms with Crippen LogP contribution in [0.3, 0.4) is 0 Å². The van der Waals surface area contributed by atoms with Crippen LogP contribution in [0, 0.1) is 6.92 Å². The van der Waals surface area contributed by atoms with E-state index in [9.17, 15) is 5.11 Å². The van der Waals surface area contributed by atoms with Crippen LogP contribution in [0.25, 0.3) is 0 Å². The molecule has 0 fully saturated rings. The van der Waals surface area contributed by atoms with E-state index in [-0.39, 0.29) is 12.0 Å². The van der Waals surface area contributed by atoms with Crippen LogP contribution in [0.15, 0.2) is 16.6 Å². The number of phenols is 1. The molecule has 15 heavy (non-hydrogen) atoms. The molecule has 0 amide bonds. The number of aliphatic hydroxyl groups is 1. The zero-order valence-corrected chi connectivity index (χ0v) is 10.9. The molecule has 0 aromatic heterocycles. The van der Waals surface area contributed by atoms with Crippen molar-refractivity contribution >= 4 is 15.9 Å². The molecule has 2 N–H and O–H groups in total. The maximum absolute atomic E-state index is 9.92. The summed E-state index contributed by atoms with van der Waals surface area (Å²) in [4.78, 5) is 0. The molecule has 0 heterocycles. The SMILES string of the molecule is Cc1cc(O)c(C(C)(C)CCO)c(Br)c1. The Morgan fingerprint density at radius 2 is 1.93 bits per heavy atom. The fraction of sp³-hybridized carbons (Fsp3) is 0.500. The largest absolute Gasteiger partial charge is 0.508 e. The first kappa shape index (κ1) is 12.5. The number of halogens is 1. The molecule has 0 saturated heterocycles. The van der Waals surface area contributed by atoms with Crippen molar-refractivity contribution in [1.29, 1.82) is 0 Å². The van der Waals surface area contributed by atoms with Crippen LogP contribution in [0.4, 0.5) is 0 Å². The monoisotopic (exact) mass is 272 g/mol. The highest BCUT2D eigenvalue weighted by Crippen LogP contribution is 2.39. The van der Waals surface area contributed by atoms with Crippen molar-refractivity contribution in [3.05, 3.63) is 27.7 Å². The maximum Gasteiger partial charge on any atom is 0.120 e. The number of benzene rings is 1. The quantitative estimate of drug-likeness (QED) is 0.888. The van der Waals surface area contributed by atoms with Gasteiger partial charge in [-0.2, -0.15) is 0 Å². The van der Waals surface area contributed by atoms with Gasteiger partial charge in [-0.05, 0) is 36.5 Å². The second-order valence-corrected chi connectivity index (χ2v) is 5.35. The first-order valence-corrected chi connectivity index (χ1v) is 5.78. The topological polar surface area (TPSA) is 40.5 Å². The fourth-order valence-corrected chi connectivity index (χ4v) is 2.90. The number of aromatic hydroxyl groups is 1.